The second-order valence-electron chi connectivity index (χ2n) is 6.64. The molecule has 1 saturated heterocycles. The van der Waals surface area contributed by atoms with E-state index in [0.29, 0.717) is 25.3 Å². The SMILES string of the molecule is CCC(=O)C(C)(c1cccc(OC)c1)N1CCN(c2ccc(Br)cc2)C1=O. The third-order valence-electron chi connectivity index (χ3n) is 5.18. The number of anilines is 1. The van der Waals surface area contributed by atoms with Crippen molar-refractivity contribution in [2.24, 2.45) is 0 Å². The van der Waals surface area contributed by atoms with Gasteiger partial charge < -0.3 is 9.64 Å². The van der Waals surface area contributed by atoms with E-state index in [1.807, 2.05) is 62.4 Å². The zero-order valence-corrected chi connectivity index (χ0v) is 17.3. The number of carbonyl (C=O) groups excluding carboxylic acids is 2. The van der Waals surface area contributed by atoms with Crippen LogP contribution in [-0.4, -0.2) is 36.9 Å². The van der Waals surface area contributed by atoms with E-state index in [4.69, 9.17) is 4.74 Å². The van der Waals surface area contributed by atoms with Gasteiger partial charge in [-0.05, 0) is 48.9 Å². The van der Waals surface area contributed by atoms with Crippen LogP contribution >= 0.6 is 15.9 Å². The molecule has 2 aromatic rings. The highest BCUT2D eigenvalue weighted by atomic mass is 79.9. The third-order valence-corrected chi connectivity index (χ3v) is 5.71. The van der Waals surface area contributed by atoms with Crippen molar-refractivity contribution >= 4 is 33.4 Å². The molecule has 1 aliphatic heterocycles. The van der Waals surface area contributed by atoms with E-state index < -0.39 is 5.54 Å². The van der Waals surface area contributed by atoms with E-state index in [1.165, 1.54) is 0 Å². The van der Waals surface area contributed by atoms with Gasteiger partial charge >= 0.3 is 6.03 Å². The van der Waals surface area contributed by atoms with Crippen LogP contribution in [0.2, 0.25) is 0 Å². The molecule has 0 bridgehead atoms. The van der Waals surface area contributed by atoms with E-state index in [2.05, 4.69) is 15.9 Å². The third kappa shape index (κ3) is 3.46. The van der Waals surface area contributed by atoms with E-state index in [9.17, 15) is 9.59 Å². The van der Waals surface area contributed by atoms with Gasteiger partial charge in [-0.3, -0.25) is 9.69 Å². The van der Waals surface area contributed by atoms with Crippen molar-refractivity contribution in [1.29, 1.82) is 0 Å². The Balaban J connectivity index is 1.99. The van der Waals surface area contributed by atoms with Gasteiger partial charge in [-0.25, -0.2) is 4.79 Å². The molecular formula is C21H23BrN2O3. The molecule has 0 radical (unpaired) electrons. The van der Waals surface area contributed by atoms with Crippen LogP contribution in [0.3, 0.4) is 0 Å². The monoisotopic (exact) mass is 430 g/mol. The maximum Gasteiger partial charge on any atom is 0.325 e. The molecule has 1 heterocycles. The first-order chi connectivity index (χ1) is 12.9. The van der Waals surface area contributed by atoms with Crippen LogP contribution in [0.25, 0.3) is 0 Å². The maximum absolute atomic E-state index is 13.2. The van der Waals surface area contributed by atoms with Crippen molar-refractivity contribution in [1.82, 2.24) is 4.90 Å². The Labute approximate surface area is 168 Å². The molecule has 1 atom stereocenters. The first kappa shape index (κ1) is 19.4. The fourth-order valence-electron chi connectivity index (χ4n) is 3.55. The highest BCUT2D eigenvalue weighted by molar-refractivity contribution is 9.10. The highest BCUT2D eigenvalue weighted by Crippen LogP contribution is 2.36. The first-order valence-electron chi connectivity index (χ1n) is 8.94. The van der Waals surface area contributed by atoms with E-state index in [0.717, 1.165) is 15.7 Å². The minimum absolute atomic E-state index is 0.00163. The van der Waals surface area contributed by atoms with Crippen molar-refractivity contribution in [3.8, 4) is 5.75 Å². The summed E-state index contributed by atoms with van der Waals surface area (Å²) >= 11 is 3.41. The second-order valence-corrected chi connectivity index (χ2v) is 7.56. The van der Waals surface area contributed by atoms with E-state index in [-0.39, 0.29) is 11.8 Å². The maximum atomic E-state index is 13.2. The number of carbonyl (C=O) groups is 2. The number of ether oxygens (including phenoxy) is 1. The molecule has 0 N–H and O–H groups in total. The van der Waals surface area contributed by atoms with Crippen molar-refractivity contribution in [3.05, 3.63) is 58.6 Å². The Kier molecular flexibility index (Phi) is 5.56. The lowest BCUT2D eigenvalue weighted by atomic mass is 9.84. The average Bonchev–Trinajstić information content (AvgIpc) is 3.09. The molecule has 6 heteroatoms. The number of benzene rings is 2. The summed E-state index contributed by atoms with van der Waals surface area (Å²) < 4.78 is 6.28. The van der Waals surface area contributed by atoms with Crippen molar-refractivity contribution in [2.75, 3.05) is 25.1 Å². The van der Waals surface area contributed by atoms with Gasteiger partial charge in [-0.2, -0.15) is 0 Å². The van der Waals surface area contributed by atoms with Crippen LogP contribution in [0.4, 0.5) is 10.5 Å². The minimum Gasteiger partial charge on any atom is -0.497 e. The number of methoxy groups -OCH3 is 1. The lowest BCUT2D eigenvalue weighted by Gasteiger charge is -2.37. The van der Waals surface area contributed by atoms with Crippen LogP contribution in [0.1, 0.15) is 25.8 Å². The van der Waals surface area contributed by atoms with Crippen LogP contribution in [0.15, 0.2) is 53.0 Å². The Bertz CT molecular complexity index is 853. The number of amides is 2. The molecular weight excluding hydrogens is 408 g/mol. The molecule has 5 nitrogen and oxygen atoms in total. The molecule has 3 rings (SSSR count). The predicted octanol–water partition coefficient (Wildman–Crippen LogP) is 4.59. The molecule has 0 aliphatic carbocycles. The van der Waals surface area contributed by atoms with Gasteiger partial charge in [0, 0.05) is 29.7 Å². The molecule has 1 unspecified atom stereocenters. The van der Waals surface area contributed by atoms with Gasteiger partial charge in [0.05, 0.1) is 7.11 Å². The van der Waals surface area contributed by atoms with Gasteiger partial charge in [0.1, 0.15) is 11.3 Å². The molecule has 2 amide bonds. The Hall–Kier alpha value is -2.34. The molecule has 27 heavy (non-hydrogen) atoms. The summed E-state index contributed by atoms with van der Waals surface area (Å²) in [7, 11) is 1.59. The number of urea groups is 1. The zero-order chi connectivity index (χ0) is 19.6. The smallest absolute Gasteiger partial charge is 0.325 e. The lowest BCUT2D eigenvalue weighted by Crippen LogP contribution is -2.51. The Morgan fingerprint density at radius 2 is 1.89 bits per heavy atom. The van der Waals surface area contributed by atoms with Crippen molar-refractivity contribution in [3.63, 3.8) is 0 Å². The summed E-state index contributed by atoms with van der Waals surface area (Å²) in [4.78, 5) is 29.6. The number of rotatable bonds is 6. The summed E-state index contributed by atoms with van der Waals surface area (Å²) in [5.74, 6) is 0.667. The van der Waals surface area contributed by atoms with Crippen LogP contribution in [0, 0.1) is 0 Å². The zero-order valence-electron chi connectivity index (χ0n) is 15.7. The molecule has 2 aromatic carbocycles. The minimum atomic E-state index is -1.04. The lowest BCUT2D eigenvalue weighted by molar-refractivity contribution is -0.128. The molecule has 142 valence electrons. The van der Waals surface area contributed by atoms with E-state index in [1.54, 1.807) is 16.9 Å². The van der Waals surface area contributed by atoms with Crippen molar-refractivity contribution in [2.45, 2.75) is 25.8 Å². The quantitative estimate of drug-likeness (QED) is 0.672. The molecule has 1 aliphatic rings. The predicted molar refractivity (Wildman–Crippen MR) is 109 cm³/mol. The van der Waals surface area contributed by atoms with Crippen LogP contribution in [-0.2, 0) is 10.3 Å². The standard InChI is InChI=1S/C21H23BrN2O3/c1-4-19(25)21(2,15-6-5-7-18(14-15)27-3)24-13-12-23(20(24)26)17-10-8-16(22)9-11-17/h5-11,14H,4,12-13H2,1-3H3. The van der Waals surface area contributed by atoms with Crippen LogP contribution in [0.5, 0.6) is 5.75 Å². The van der Waals surface area contributed by atoms with Gasteiger partial charge in [-0.1, -0.05) is 35.0 Å². The summed E-state index contributed by atoms with van der Waals surface area (Å²) in [5.41, 5.74) is 0.548. The van der Waals surface area contributed by atoms with Gasteiger partial charge in [-0.15, -0.1) is 0 Å². The largest absolute Gasteiger partial charge is 0.497 e. The number of ketones is 1. The molecule has 0 saturated carbocycles. The summed E-state index contributed by atoms with van der Waals surface area (Å²) in [6.45, 7) is 4.68. The second kappa shape index (κ2) is 7.72. The van der Waals surface area contributed by atoms with Gasteiger partial charge in [0.15, 0.2) is 5.78 Å². The number of hydrogen-bond donors (Lipinski definition) is 0. The average molecular weight is 431 g/mol. The molecule has 0 aromatic heterocycles. The highest BCUT2D eigenvalue weighted by Gasteiger charge is 2.47. The Morgan fingerprint density at radius 1 is 1.19 bits per heavy atom. The number of nitrogens with zero attached hydrogens (tertiary/aromatic N) is 2. The summed E-state index contributed by atoms with van der Waals surface area (Å²) in [6.07, 6.45) is 0.343. The van der Waals surface area contributed by atoms with Crippen LogP contribution < -0.4 is 9.64 Å². The normalized spacial score (nSPS) is 16.4. The topological polar surface area (TPSA) is 49.9 Å². The Morgan fingerprint density at radius 3 is 2.52 bits per heavy atom. The summed E-state index contributed by atoms with van der Waals surface area (Å²) in [6, 6.07) is 14.8. The molecule has 0 spiro atoms. The molecule has 1 fully saturated rings. The fourth-order valence-corrected chi connectivity index (χ4v) is 3.81. The van der Waals surface area contributed by atoms with Gasteiger partial charge in [0.2, 0.25) is 0 Å². The summed E-state index contributed by atoms with van der Waals surface area (Å²) in [5, 5.41) is 0. The van der Waals surface area contributed by atoms with E-state index >= 15 is 0 Å². The first-order valence-corrected chi connectivity index (χ1v) is 9.73. The fraction of sp³-hybridized carbons (Fsp3) is 0.333. The van der Waals surface area contributed by atoms with Gasteiger partial charge in [0.25, 0.3) is 0 Å². The number of hydrogen-bond acceptors (Lipinski definition) is 3. The number of Topliss-reactive ketones (excluding diaryl/α,β-unsaturated/α-hetero) is 1. The number of halogens is 1. The van der Waals surface area contributed by atoms with Crippen molar-refractivity contribution < 1.29 is 14.3 Å².